The number of aromatic nitrogens is 3. The quantitative estimate of drug-likeness (QED) is 0.415. The molecule has 0 saturated carbocycles. The molecule has 1 N–H and O–H groups in total. The van der Waals surface area contributed by atoms with E-state index in [9.17, 15) is 4.79 Å². The molecule has 0 saturated heterocycles. The molecule has 30 heavy (non-hydrogen) atoms. The van der Waals surface area contributed by atoms with Gasteiger partial charge in [-0.2, -0.15) is 0 Å². The molecule has 0 aliphatic rings. The molecule has 4 aromatic rings. The topological polar surface area (TPSA) is 73.0 Å². The maximum atomic E-state index is 12.3. The second-order valence-corrected chi connectivity index (χ2v) is 8.01. The van der Waals surface area contributed by atoms with Crippen molar-refractivity contribution in [1.29, 1.82) is 0 Å². The maximum absolute atomic E-state index is 12.3. The summed E-state index contributed by atoms with van der Waals surface area (Å²) in [6, 6.07) is 19.2. The second-order valence-electron chi connectivity index (χ2n) is 6.63. The third-order valence-corrected chi connectivity index (χ3v) is 5.55. The van der Waals surface area contributed by atoms with Crippen molar-refractivity contribution in [3.63, 3.8) is 0 Å². The molecule has 4 rings (SSSR count). The Balaban J connectivity index is 1.58. The van der Waals surface area contributed by atoms with Gasteiger partial charge in [0.15, 0.2) is 11.0 Å². The van der Waals surface area contributed by atoms with Gasteiger partial charge >= 0.3 is 0 Å². The van der Waals surface area contributed by atoms with Crippen LogP contribution in [0, 0.1) is 6.92 Å². The number of aryl methyl sites for hydroxylation is 1. The molecule has 6 nitrogen and oxygen atoms in total. The predicted molar refractivity (Wildman–Crippen MR) is 118 cm³/mol. The highest BCUT2D eigenvalue weighted by atomic mass is 35.5. The van der Waals surface area contributed by atoms with Gasteiger partial charge in [0, 0.05) is 10.6 Å². The largest absolute Gasteiger partial charge is 0.467 e. The molecule has 2 aromatic carbocycles. The zero-order chi connectivity index (χ0) is 20.9. The maximum Gasteiger partial charge on any atom is 0.230 e. The van der Waals surface area contributed by atoms with Gasteiger partial charge in [-0.25, -0.2) is 0 Å². The lowest BCUT2D eigenvalue weighted by Crippen LogP contribution is -2.24. The monoisotopic (exact) mass is 438 g/mol. The van der Waals surface area contributed by atoms with Crippen LogP contribution in [-0.2, 0) is 11.3 Å². The first kappa shape index (κ1) is 20.3. The molecule has 0 aliphatic heterocycles. The van der Waals surface area contributed by atoms with Crippen LogP contribution < -0.4 is 5.32 Å². The lowest BCUT2D eigenvalue weighted by atomic mass is 10.1. The van der Waals surface area contributed by atoms with Crippen molar-refractivity contribution in [2.24, 2.45) is 0 Å². The first-order valence-electron chi connectivity index (χ1n) is 9.30. The van der Waals surface area contributed by atoms with Crippen molar-refractivity contribution in [2.75, 3.05) is 5.75 Å². The Labute approximate surface area is 183 Å². The fourth-order valence-electron chi connectivity index (χ4n) is 2.88. The Bertz CT molecular complexity index is 1140. The number of carbonyl (C=O) groups excluding carboxylic acids is 1. The predicted octanol–water partition coefficient (Wildman–Crippen LogP) is 4.90. The van der Waals surface area contributed by atoms with Crippen LogP contribution in [0.2, 0.25) is 5.02 Å². The number of carbonyl (C=O) groups is 1. The summed E-state index contributed by atoms with van der Waals surface area (Å²) in [5.74, 6) is 1.48. The van der Waals surface area contributed by atoms with Gasteiger partial charge in [0.05, 0.1) is 24.2 Å². The molecule has 152 valence electrons. The Morgan fingerprint density at radius 1 is 1.13 bits per heavy atom. The van der Waals surface area contributed by atoms with E-state index in [1.54, 1.807) is 12.3 Å². The van der Waals surface area contributed by atoms with E-state index in [1.165, 1.54) is 11.8 Å². The minimum atomic E-state index is -0.117. The zero-order valence-electron chi connectivity index (χ0n) is 16.2. The Hall–Kier alpha value is -3.03. The van der Waals surface area contributed by atoms with Gasteiger partial charge in [-0.1, -0.05) is 59.3 Å². The van der Waals surface area contributed by atoms with Crippen LogP contribution >= 0.6 is 23.4 Å². The van der Waals surface area contributed by atoms with E-state index in [2.05, 4.69) is 15.5 Å². The highest BCUT2D eigenvalue weighted by Gasteiger charge is 2.17. The number of nitrogens with one attached hydrogen (secondary N) is 1. The standard InChI is InChI=1S/C22H19ClN4O2S/c1-15-7-9-16(10-8-15)21-25-26-22(27(21)18-5-2-4-17(23)12-18)30-14-20(28)24-13-19-6-3-11-29-19/h2-12H,13-14H2,1H3,(H,24,28). The minimum absolute atomic E-state index is 0.117. The van der Waals surface area contributed by atoms with Gasteiger partial charge in [-0.3, -0.25) is 9.36 Å². The number of rotatable bonds is 7. The molecule has 0 spiro atoms. The van der Waals surface area contributed by atoms with E-state index in [0.717, 1.165) is 16.8 Å². The van der Waals surface area contributed by atoms with E-state index in [0.29, 0.717) is 28.3 Å². The second kappa shape index (κ2) is 9.19. The summed E-state index contributed by atoms with van der Waals surface area (Å²) in [5, 5.41) is 12.8. The molecule has 0 atom stereocenters. The Morgan fingerprint density at radius 2 is 1.97 bits per heavy atom. The van der Waals surface area contributed by atoms with Crippen LogP contribution in [0.5, 0.6) is 0 Å². The summed E-state index contributed by atoms with van der Waals surface area (Å²) in [7, 11) is 0. The van der Waals surface area contributed by atoms with E-state index >= 15 is 0 Å². The Kier molecular flexibility index (Phi) is 6.21. The zero-order valence-corrected chi connectivity index (χ0v) is 17.8. The summed E-state index contributed by atoms with van der Waals surface area (Å²) < 4.78 is 7.15. The lowest BCUT2D eigenvalue weighted by Gasteiger charge is -2.11. The molecule has 0 aliphatic carbocycles. The molecule has 8 heteroatoms. The Morgan fingerprint density at radius 3 is 2.70 bits per heavy atom. The van der Waals surface area contributed by atoms with E-state index in [-0.39, 0.29) is 11.7 Å². The average molecular weight is 439 g/mol. The van der Waals surface area contributed by atoms with E-state index < -0.39 is 0 Å². The number of nitrogens with zero attached hydrogens (tertiary/aromatic N) is 3. The summed E-state index contributed by atoms with van der Waals surface area (Å²) >= 11 is 7.53. The molecule has 2 aromatic heterocycles. The average Bonchev–Trinajstić information content (AvgIpc) is 3.41. The van der Waals surface area contributed by atoms with Gasteiger partial charge in [-0.15, -0.1) is 10.2 Å². The first-order valence-corrected chi connectivity index (χ1v) is 10.7. The van der Waals surface area contributed by atoms with Gasteiger partial charge < -0.3 is 9.73 Å². The number of amides is 1. The number of furan rings is 1. The van der Waals surface area contributed by atoms with Crippen LogP contribution in [0.3, 0.4) is 0 Å². The van der Waals surface area contributed by atoms with Gasteiger partial charge in [0.25, 0.3) is 0 Å². The highest BCUT2D eigenvalue weighted by molar-refractivity contribution is 7.99. The first-order chi connectivity index (χ1) is 14.6. The van der Waals surface area contributed by atoms with Gasteiger partial charge in [0.2, 0.25) is 5.91 Å². The van der Waals surface area contributed by atoms with E-state index in [1.807, 2.05) is 66.1 Å². The molecule has 2 heterocycles. The van der Waals surface area contributed by atoms with Crippen LogP contribution in [0.1, 0.15) is 11.3 Å². The highest BCUT2D eigenvalue weighted by Crippen LogP contribution is 2.29. The summed E-state index contributed by atoms with van der Waals surface area (Å²) in [6.07, 6.45) is 1.58. The van der Waals surface area contributed by atoms with Crippen molar-refractivity contribution >= 4 is 29.3 Å². The van der Waals surface area contributed by atoms with Crippen LogP contribution in [-0.4, -0.2) is 26.4 Å². The van der Waals surface area contributed by atoms with Crippen LogP contribution in [0.4, 0.5) is 0 Å². The number of hydrogen-bond donors (Lipinski definition) is 1. The van der Waals surface area contributed by atoms with E-state index in [4.69, 9.17) is 16.0 Å². The fraction of sp³-hybridized carbons (Fsp3) is 0.136. The fourth-order valence-corrected chi connectivity index (χ4v) is 3.85. The van der Waals surface area contributed by atoms with Crippen molar-refractivity contribution < 1.29 is 9.21 Å². The lowest BCUT2D eigenvalue weighted by molar-refractivity contribution is -0.118. The molecule has 1 amide bonds. The van der Waals surface area contributed by atoms with Crippen molar-refractivity contribution in [3.05, 3.63) is 83.3 Å². The van der Waals surface area contributed by atoms with Crippen molar-refractivity contribution in [1.82, 2.24) is 20.1 Å². The summed E-state index contributed by atoms with van der Waals surface area (Å²) in [5.41, 5.74) is 2.93. The number of thioether (sulfide) groups is 1. The van der Waals surface area contributed by atoms with Crippen molar-refractivity contribution in [2.45, 2.75) is 18.6 Å². The number of halogens is 1. The minimum Gasteiger partial charge on any atom is -0.467 e. The van der Waals surface area contributed by atoms with Crippen LogP contribution in [0.15, 0.2) is 76.5 Å². The normalized spacial score (nSPS) is 10.9. The molecular formula is C22H19ClN4O2S. The molecule has 0 bridgehead atoms. The van der Waals surface area contributed by atoms with Crippen LogP contribution in [0.25, 0.3) is 17.1 Å². The number of hydrogen-bond acceptors (Lipinski definition) is 5. The molecular weight excluding hydrogens is 420 g/mol. The third kappa shape index (κ3) is 4.75. The number of benzene rings is 2. The summed E-state index contributed by atoms with van der Waals surface area (Å²) in [4.78, 5) is 12.3. The third-order valence-electron chi connectivity index (χ3n) is 4.38. The van der Waals surface area contributed by atoms with Gasteiger partial charge in [0.1, 0.15) is 5.76 Å². The SMILES string of the molecule is Cc1ccc(-c2nnc(SCC(=O)NCc3ccco3)n2-c2cccc(Cl)c2)cc1. The summed E-state index contributed by atoms with van der Waals surface area (Å²) in [6.45, 7) is 2.39. The van der Waals surface area contributed by atoms with Crippen molar-refractivity contribution in [3.8, 4) is 17.1 Å². The smallest absolute Gasteiger partial charge is 0.230 e. The molecule has 0 radical (unpaired) electrons. The molecule has 0 fully saturated rings. The van der Waals surface area contributed by atoms with Gasteiger partial charge in [-0.05, 0) is 37.3 Å². The molecule has 0 unspecified atom stereocenters.